The summed E-state index contributed by atoms with van der Waals surface area (Å²) in [6.07, 6.45) is 1.42. The molecule has 0 aromatic carbocycles. The van der Waals surface area contributed by atoms with E-state index >= 15 is 0 Å². The van der Waals surface area contributed by atoms with Crippen LogP contribution in [0.15, 0.2) is 17.0 Å². The Morgan fingerprint density at radius 1 is 1.67 bits per heavy atom. The molecule has 112 valence electrons. The highest BCUT2D eigenvalue weighted by atomic mass is 32.2. The molecule has 1 aromatic rings. The molecule has 0 spiro atoms. The van der Waals surface area contributed by atoms with Crippen molar-refractivity contribution in [2.45, 2.75) is 30.3 Å². The van der Waals surface area contributed by atoms with Crippen molar-refractivity contribution < 1.29 is 19.4 Å². The highest BCUT2D eigenvalue weighted by Crippen LogP contribution is 2.44. The third-order valence-electron chi connectivity index (χ3n) is 3.61. The van der Waals surface area contributed by atoms with Gasteiger partial charge < -0.3 is 9.84 Å². The van der Waals surface area contributed by atoms with E-state index in [0.29, 0.717) is 10.9 Å². The fraction of sp³-hybridized carbons (Fsp3) is 0.545. The number of aryl methyl sites for hydroxylation is 1. The second-order valence-corrected chi connectivity index (χ2v) is 5.87. The second kappa shape index (κ2) is 4.72. The van der Waals surface area contributed by atoms with E-state index in [1.807, 2.05) is 0 Å². The number of thioether (sulfide) groups is 1. The Bertz CT molecular complexity index is 644. The van der Waals surface area contributed by atoms with E-state index in [2.05, 4.69) is 15.5 Å². The number of tetrazole rings is 1. The fourth-order valence-electron chi connectivity index (χ4n) is 2.39. The van der Waals surface area contributed by atoms with E-state index in [0.717, 1.165) is 0 Å². The van der Waals surface area contributed by atoms with Crippen molar-refractivity contribution >= 4 is 23.6 Å². The van der Waals surface area contributed by atoms with Gasteiger partial charge in [-0.15, -0.1) is 5.10 Å². The van der Waals surface area contributed by atoms with E-state index < -0.39 is 17.7 Å². The van der Waals surface area contributed by atoms with Crippen molar-refractivity contribution in [3.8, 4) is 0 Å². The summed E-state index contributed by atoms with van der Waals surface area (Å²) in [5.74, 6) is -0.581. The zero-order valence-corrected chi connectivity index (χ0v) is 12.2. The topological polar surface area (TPSA) is 110 Å². The molecular formula is C11H13N5O4S. The number of carboxylic acid groups (broad SMARTS) is 1. The first kappa shape index (κ1) is 13.9. The van der Waals surface area contributed by atoms with Crippen LogP contribution in [0.25, 0.3) is 0 Å². The molecular weight excluding hydrogens is 298 g/mol. The van der Waals surface area contributed by atoms with Crippen LogP contribution in [0.4, 0.5) is 0 Å². The molecule has 3 heterocycles. The van der Waals surface area contributed by atoms with Crippen molar-refractivity contribution in [2.75, 3.05) is 5.75 Å². The summed E-state index contributed by atoms with van der Waals surface area (Å²) >= 11 is 1.35. The molecule has 3 rings (SSSR count). The molecule has 1 N–H and O–H groups in total. The maximum absolute atomic E-state index is 11.6. The number of hydrogen-bond donors (Lipinski definition) is 1. The molecule has 2 aliphatic rings. The van der Waals surface area contributed by atoms with Gasteiger partial charge in [-0.05, 0) is 23.4 Å². The molecule has 1 aromatic heterocycles. The highest BCUT2D eigenvalue weighted by Gasteiger charge is 2.61. The van der Waals surface area contributed by atoms with Crippen molar-refractivity contribution in [1.82, 2.24) is 25.1 Å². The van der Waals surface area contributed by atoms with Gasteiger partial charge in [0, 0.05) is 12.8 Å². The third kappa shape index (κ3) is 1.97. The normalized spacial score (nSPS) is 29.2. The van der Waals surface area contributed by atoms with E-state index in [1.54, 1.807) is 13.1 Å². The number of fused-ring (bicyclic) bond motifs is 1. The minimum Gasteiger partial charge on any atom is -0.479 e. The van der Waals surface area contributed by atoms with Gasteiger partial charge in [-0.1, -0.05) is 11.8 Å². The van der Waals surface area contributed by atoms with Crippen LogP contribution in [0.5, 0.6) is 0 Å². The molecule has 2 fully saturated rings. The SMILES string of the molecule is Cn1nnnc1SCC=C1OC2CC(=O)N2C1(C)C(=O)O. The average molecular weight is 311 g/mol. The number of nitrogens with zero attached hydrogens (tertiary/aromatic N) is 5. The van der Waals surface area contributed by atoms with Crippen LogP contribution in [-0.2, 0) is 21.4 Å². The molecule has 2 atom stereocenters. The van der Waals surface area contributed by atoms with Gasteiger partial charge in [0.2, 0.25) is 11.1 Å². The number of rotatable bonds is 4. The number of hydrogen-bond acceptors (Lipinski definition) is 7. The summed E-state index contributed by atoms with van der Waals surface area (Å²) in [5.41, 5.74) is -1.43. The molecule has 2 aliphatic heterocycles. The van der Waals surface area contributed by atoms with E-state index in [4.69, 9.17) is 4.74 Å². The third-order valence-corrected chi connectivity index (χ3v) is 4.55. The number of aliphatic carboxylic acids is 1. The Balaban J connectivity index is 1.77. The summed E-state index contributed by atoms with van der Waals surface area (Å²) in [4.78, 5) is 24.4. The molecule has 0 aliphatic carbocycles. The van der Waals surface area contributed by atoms with Crippen molar-refractivity contribution in [1.29, 1.82) is 0 Å². The van der Waals surface area contributed by atoms with Crippen molar-refractivity contribution in [2.24, 2.45) is 7.05 Å². The summed E-state index contributed by atoms with van der Waals surface area (Å²) < 4.78 is 7.09. The number of carbonyl (C=O) groups excluding carboxylic acids is 1. The van der Waals surface area contributed by atoms with Crippen molar-refractivity contribution in [3.63, 3.8) is 0 Å². The number of β-lactam (4-membered cyclic amide) rings is 1. The molecule has 0 saturated carbocycles. The van der Waals surface area contributed by atoms with Crippen LogP contribution in [0.3, 0.4) is 0 Å². The summed E-state index contributed by atoms with van der Waals surface area (Å²) in [6.45, 7) is 1.48. The molecule has 2 saturated heterocycles. The standard InChI is InChI=1S/C11H13N5O4S/c1-11(9(18)19)6(20-8-5-7(17)16(8)11)3-4-21-10-12-13-14-15(10)2/h3,8H,4-5H2,1-2H3,(H,18,19). The Hall–Kier alpha value is -2.10. The van der Waals surface area contributed by atoms with Crippen LogP contribution in [0, 0.1) is 0 Å². The minimum atomic E-state index is -1.43. The zero-order valence-electron chi connectivity index (χ0n) is 11.4. The molecule has 1 amide bonds. The summed E-state index contributed by atoms with van der Waals surface area (Å²) in [5, 5.41) is 21.1. The minimum absolute atomic E-state index is 0.210. The lowest BCUT2D eigenvalue weighted by Crippen LogP contribution is -2.61. The first-order valence-electron chi connectivity index (χ1n) is 6.22. The summed E-state index contributed by atoms with van der Waals surface area (Å²) in [6, 6.07) is 0. The average Bonchev–Trinajstić information content (AvgIpc) is 2.90. The van der Waals surface area contributed by atoms with Crippen LogP contribution in [0.2, 0.25) is 0 Å². The Labute approximate surface area is 123 Å². The van der Waals surface area contributed by atoms with Crippen LogP contribution in [-0.4, -0.2) is 59.6 Å². The van der Waals surface area contributed by atoms with Crippen LogP contribution in [0.1, 0.15) is 13.3 Å². The number of carboxylic acids is 1. The molecule has 0 radical (unpaired) electrons. The Morgan fingerprint density at radius 3 is 3.00 bits per heavy atom. The quantitative estimate of drug-likeness (QED) is 0.591. The van der Waals surface area contributed by atoms with E-state index in [-0.39, 0.29) is 18.1 Å². The lowest BCUT2D eigenvalue weighted by Gasteiger charge is -2.38. The Kier molecular flexibility index (Phi) is 3.12. The smallest absolute Gasteiger partial charge is 0.337 e. The predicted octanol–water partition coefficient (Wildman–Crippen LogP) is -0.382. The number of aromatic nitrogens is 4. The monoisotopic (exact) mass is 311 g/mol. The predicted molar refractivity (Wildman–Crippen MR) is 70.0 cm³/mol. The van der Waals surface area contributed by atoms with Gasteiger partial charge in [-0.3, -0.25) is 9.69 Å². The molecule has 21 heavy (non-hydrogen) atoms. The molecule has 9 nitrogen and oxygen atoms in total. The molecule has 2 unspecified atom stereocenters. The van der Waals surface area contributed by atoms with Crippen LogP contribution >= 0.6 is 11.8 Å². The van der Waals surface area contributed by atoms with Crippen LogP contribution < -0.4 is 0 Å². The first-order valence-corrected chi connectivity index (χ1v) is 7.21. The molecule has 0 bridgehead atoms. The van der Waals surface area contributed by atoms with Gasteiger partial charge in [0.15, 0.2) is 11.8 Å². The van der Waals surface area contributed by atoms with E-state index in [9.17, 15) is 14.7 Å². The number of ether oxygens (including phenoxy) is 1. The number of carbonyl (C=O) groups is 2. The van der Waals surface area contributed by atoms with Gasteiger partial charge in [-0.25, -0.2) is 9.48 Å². The second-order valence-electron chi connectivity index (χ2n) is 4.88. The largest absolute Gasteiger partial charge is 0.479 e. The maximum atomic E-state index is 11.6. The van der Waals surface area contributed by atoms with Gasteiger partial charge in [-0.2, -0.15) is 0 Å². The van der Waals surface area contributed by atoms with Gasteiger partial charge in [0.1, 0.15) is 5.76 Å². The van der Waals surface area contributed by atoms with Gasteiger partial charge in [0.25, 0.3) is 0 Å². The maximum Gasteiger partial charge on any atom is 0.337 e. The van der Waals surface area contributed by atoms with E-state index in [1.165, 1.54) is 28.3 Å². The fourth-order valence-corrected chi connectivity index (χ4v) is 3.09. The van der Waals surface area contributed by atoms with Gasteiger partial charge in [0.05, 0.1) is 6.42 Å². The lowest BCUT2D eigenvalue weighted by atomic mass is 9.94. The molecule has 10 heteroatoms. The van der Waals surface area contributed by atoms with Crippen molar-refractivity contribution in [3.05, 3.63) is 11.8 Å². The zero-order chi connectivity index (χ0) is 15.2. The van der Waals surface area contributed by atoms with Gasteiger partial charge >= 0.3 is 5.97 Å². The Morgan fingerprint density at radius 2 is 2.43 bits per heavy atom. The first-order chi connectivity index (χ1) is 9.94. The lowest BCUT2D eigenvalue weighted by molar-refractivity contribution is -0.169. The highest BCUT2D eigenvalue weighted by molar-refractivity contribution is 7.99. The summed E-state index contributed by atoms with van der Waals surface area (Å²) in [7, 11) is 1.72. The number of amides is 1.